The van der Waals surface area contributed by atoms with Gasteiger partial charge in [0.15, 0.2) is 11.6 Å². The van der Waals surface area contributed by atoms with Crippen LogP contribution in [0.2, 0.25) is 8.67 Å². The number of hydrogen-bond donors (Lipinski definition) is 1. The highest BCUT2D eigenvalue weighted by atomic mass is 35.5. The zero-order valence-corrected chi connectivity index (χ0v) is 12.7. The van der Waals surface area contributed by atoms with E-state index in [4.69, 9.17) is 27.9 Å². The molecule has 0 amide bonds. The van der Waals surface area contributed by atoms with Gasteiger partial charge < -0.3 is 10.1 Å². The van der Waals surface area contributed by atoms with Crippen LogP contribution in [0.3, 0.4) is 0 Å². The standard InChI is InChI=1S/C13H12Cl2FNOS/c1-7(9-6-12(14)19-13(9)15)17-8-3-4-11(18-2)10(16)5-8/h3-7,17H,1-2H3. The number of halogens is 3. The van der Waals surface area contributed by atoms with Gasteiger partial charge in [-0.15, -0.1) is 11.3 Å². The smallest absolute Gasteiger partial charge is 0.167 e. The first-order valence-corrected chi connectivity index (χ1v) is 7.13. The van der Waals surface area contributed by atoms with Gasteiger partial charge >= 0.3 is 0 Å². The molecule has 0 radical (unpaired) electrons. The van der Waals surface area contributed by atoms with Crippen molar-refractivity contribution in [2.75, 3.05) is 12.4 Å². The molecule has 1 aromatic heterocycles. The summed E-state index contributed by atoms with van der Waals surface area (Å²) in [7, 11) is 1.43. The monoisotopic (exact) mass is 319 g/mol. The molecule has 0 spiro atoms. The maximum absolute atomic E-state index is 13.6. The van der Waals surface area contributed by atoms with Crippen LogP contribution in [0, 0.1) is 5.82 Å². The van der Waals surface area contributed by atoms with Gasteiger partial charge in [-0.3, -0.25) is 0 Å². The Balaban J connectivity index is 2.17. The largest absolute Gasteiger partial charge is 0.494 e. The quantitative estimate of drug-likeness (QED) is 0.817. The number of nitrogens with one attached hydrogen (secondary N) is 1. The highest BCUT2D eigenvalue weighted by Crippen LogP contribution is 2.36. The summed E-state index contributed by atoms with van der Waals surface area (Å²) < 4.78 is 19.7. The molecule has 0 aliphatic rings. The van der Waals surface area contributed by atoms with Crippen LogP contribution in [0.15, 0.2) is 24.3 Å². The van der Waals surface area contributed by atoms with Gasteiger partial charge in [0.2, 0.25) is 0 Å². The van der Waals surface area contributed by atoms with Crippen molar-refractivity contribution in [2.24, 2.45) is 0 Å². The van der Waals surface area contributed by atoms with E-state index in [0.29, 0.717) is 14.4 Å². The Bertz CT molecular complexity index is 588. The zero-order valence-electron chi connectivity index (χ0n) is 10.3. The van der Waals surface area contributed by atoms with Crippen molar-refractivity contribution in [3.63, 3.8) is 0 Å². The first kappa shape index (κ1) is 14.4. The Morgan fingerprint density at radius 1 is 1.32 bits per heavy atom. The highest BCUT2D eigenvalue weighted by molar-refractivity contribution is 7.20. The molecule has 0 aliphatic heterocycles. The van der Waals surface area contributed by atoms with Gasteiger partial charge in [-0.05, 0) is 25.1 Å². The van der Waals surface area contributed by atoms with Crippen LogP contribution in [0.25, 0.3) is 0 Å². The van der Waals surface area contributed by atoms with Crippen molar-refractivity contribution in [1.29, 1.82) is 0 Å². The van der Waals surface area contributed by atoms with E-state index in [1.165, 1.54) is 24.5 Å². The summed E-state index contributed by atoms with van der Waals surface area (Å²) in [6.45, 7) is 1.94. The van der Waals surface area contributed by atoms with Crippen molar-refractivity contribution in [3.05, 3.63) is 44.3 Å². The molecule has 0 aliphatic carbocycles. The van der Waals surface area contributed by atoms with Gasteiger partial charge in [-0.25, -0.2) is 4.39 Å². The first-order valence-electron chi connectivity index (χ1n) is 5.56. The summed E-state index contributed by atoms with van der Waals surface area (Å²) in [6, 6.07) is 6.46. The normalized spacial score (nSPS) is 12.3. The van der Waals surface area contributed by atoms with Crippen LogP contribution in [0.4, 0.5) is 10.1 Å². The van der Waals surface area contributed by atoms with Crippen LogP contribution in [0.5, 0.6) is 5.75 Å². The average Bonchev–Trinajstić information content (AvgIpc) is 2.69. The summed E-state index contributed by atoms with van der Waals surface area (Å²) in [5.74, 6) is -0.191. The lowest BCUT2D eigenvalue weighted by Crippen LogP contribution is -2.06. The molecule has 1 N–H and O–H groups in total. The molecule has 1 unspecified atom stereocenters. The second-order valence-corrected chi connectivity index (χ2v) is 6.28. The molecule has 2 rings (SSSR count). The Labute approximate surface area is 125 Å². The Hall–Kier alpha value is -0.970. The Morgan fingerprint density at radius 3 is 2.58 bits per heavy atom. The van der Waals surface area contributed by atoms with Gasteiger partial charge in [0, 0.05) is 17.3 Å². The fraction of sp³-hybridized carbons (Fsp3) is 0.231. The lowest BCUT2D eigenvalue weighted by molar-refractivity contribution is 0.386. The van der Waals surface area contributed by atoms with Crippen molar-refractivity contribution >= 4 is 40.2 Å². The van der Waals surface area contributed by atoms with E-state index < -0.39 is 5.82 Å². The van der Waals surface area contributed by atoms with E-state index in [2.05, 4.69) is 5.32 Å². The number of benzene rings is 1. The first-order chi connectivity index (χ1) is 9.01. The second kappa shape index (κ2) is 5.99. The third-order valence-electron chi connectivity index (χ3n) is 2.68. The number of rotatable bonds is 4. The number of anilines is 1. The average molecular weight is 320 g/mol. The van der Waals surface area contributed by atoms with Gasteiger partial charge in [0.05, 0.1) is 21.8 Å². The van der Waals surface area contributed by atoms with Crippen molar-refractivity contribution < 1.29 is 9.13 Å². The van der Waals surface area contributed by atoms with Crippen LogP contribution in [-0.4, -0.2) is 7.11 Å². The second-order valence-electron chi connectivity index (χ2n) is 3.99. The van der Waals surface area contributed by atoms with E-state index in [9.17, 15) is 4.39 Å². The maximum atomic E-state index is 13.6. The van der Waals surface area contributed by atoms with E-state index in [-0.39, 0.29) is 11.8 Å². The van der Waals surface area contributed by atoms with Gasteiger partial charge in [0.25, 0.3) is 0 Å². The van der Waals surface area contributed by atoms with Gasteiger partial charge in [-0.2, -0.15) is 0 Å². The van der Waals surface area contributed by atoms with Gasteiger partial charge in [-0.1, -0.05) is 23.2 Å². The van der Waals surface area contributed by atoms with E-state index >= 15 is 0 Å². The summed E-state index contributed by atoms with van der Waals surface area (Å²) in [5.41, 5.74) is 1.55. The highest BCUT2D eigenvalue weighted by Gasteiger charge is 2.14. The molecule has 0 saturated heterocycles. The fourth-order valence-corrected chi connectivity index (χ4v) is 3.38. The van der Waals surface area contributed by atoms with E-state index in [1.807, 2.05) is 13.0 Å². The van der Waals surface area contributed by atoms with Crippen LogP contribution in [0.1, 0.15) is 18.5 Å². The Kier molecular flexibility index (Phi) is 4.55. The zero-order chi connectivity index (χ0) is 14.0. The minimum atomic E-state index is -0.408. The number of ether oxygens (including phenoxy) is 1. The topological polar surface area (TPSA) is 21.3 Å². The molecule has 1 aromatic carbocycles. The predicted octanol–water partition coefficient (Wildman–Crippen LogP) is 5.38. The molecule has 2 aromatic rings. The fourth-order valence-electron chi connectivity index (χ4n) is 1.73. The lowest BCUT2D eigenvalue weighted by Gasteiger charge is -2.15. The Morgan fingerprint density at radius 2 is 2.05 bits per heavy atom. The summed E-state index contributed by atoms with van der Waals surface area (Å²) in [4.78, 5) is 0. The molecule has 0 saturated carbocycles. The summed E-state index contributed by atoms with van der Waals surface area (Å²) in [5, 5.41) is 3.17. The molecular weight excluding hydrogens is 308 g/mol. The number of methoxy groups -OCH3 is 1. The van der Waals surface area contributed by atoms with Crippen LogP contribution in [-0.2, 0) is 0 Å². The van der Waals surface area contributed by atoms with Gasteiger partial charge in [0.1, 0.15) is 0 Å². The summed E-state index contributed by atoms with van der Waals surface area (Å²) in [6.07, 6.45) is 0. The molecule has 0 bridgehead atoms. The molecule has 2 nitrogen and oxygen atoms in total. The van der Waals surface area contributed by atoms with Crippen LogP contribution >= 0.6 is 34.5 Å². The predicted molar refractivity (Wildman–Crippen MR) is 79.3 cm³/mol. The third-order valence-corrected chi connectivity index (χ3v) is 4.20. The SMILES string of the molecule is COc1ccc(NC(C)c2cc(Cl)sc2Cl)cc1F. The molecule has 1 heterocycles. The minimum Gasteiger partial charge on any atom is -0.494 e. The van der Waals surface area contributed by atoms with Crippen molar-refractivity contribution in [3.8, 4) is 5.75 Å². The van der Waals surface area contributed by atoms with E-state index in [1.54, 1.807) is 12.1 Å². The minimum absolute atomic E-state index is 0.0657. The molecule has 19 heavy (non-hydrogen) atoms. The molecule has 102 valence electrons. The molecular formula is C13H12Cl2FNOS. The van der Waals surface area contributed by atoms with Crippen LogP contribution < -0.4 is 10.1 Å². The third kappa shape index (κ3) is 3.32. The molecule has 0 fully saturated rings. The van der Waals surface area contributed by atoms with E-state index in [0.717, 1.165) is 5.56 Å². The van der Waals surface area contributed by atoms with Crippen molar-refractivity contribution in [1.82, 2.24) is 0 Å². The molecule has 6 heteroatoms. The lowest BCUT2D eigenvalue weighted by atomic mass is 10.1. The maximum Gasteiger partial charge on any atom is 0.167 e. The summed E-state index contributed by atoms with van der Waals surface area (Å²) >= 11 is 13.3. The number of thiophene rings is 1. The van der Waals surface area contributed by atoms with Crippen molar-refractivity contribution in [2.45, 2.75) is 13.0 Å². The number of hydrogen-bond acceptors (Lipinski definition) is 3. The molecule has 1 atom stereocenters.